The number of pyridine rings is 1. The molecule has 1 aromatic heterocycles. The molecule has 0 aliphatic heterocycles. The van der Waals surface area contributed by atoms with Crippen LogP contribution in [0.5, 0.6) is 11.6 Å². The lowest BCUT2D eigenvalue weighted by Crippen LogP contribution is -1.93. The quantitative estimate of drug-likeness (QED) is 0.815. The van der Waals surface area contributed by atoms with Crippen LogP contribution in [0.15, 0.2) is 47.5 Å². The minimum Gasteiger partial charge on any atom is -0.439 e. The van der Waals surface area contributed by atoms with Gasteiger partial charge in [0.05, 0.1) is 4.90 Å². The Morgan fingerprint density at radius 3 is 2.44 bits per heavy atom. The van der Waals surface area contributed by atoms with Crippen LogP contribution in [0.25, 0.3) is 0 Å². The molecular weight excluding hydrogens is 281 g/mol. The number of aromatic nitrogens is 1. The largest absolute Gasteiger partial charge is 0.439 e. The minimum absolute atomic E-state index is 0.0586. The average molecular weight is 288 g/mol. The second kappa shape index (κ2) is 4.91. The van der Waals surface area contributed by atoms with Crippen molar-refractivity contribution in [3.63, 3.8) is 0 Å². The van der Waals surface area contributed by atoms with Gasteiger partial charge in [-0.2, -0.15) is 0 Å². The molecule has 1 heterocycles. The first-order valence-corrected chi connectivity index (χ1v) is 7.10. The zero-order chi connectivity index (χ0) is 13.2. The van der Waals surface area contributed by atoms with Gasteiger partial charge in [-0.15, -0.1) is 0 Å². The van der Waals surface area contributed by atoms with Gasteiger partial charge in [-0.05, 0) is 30.3 Å². The molecule has 18 heavy (non-hydrogen) atoms. The summed E-state index contributed by atoms with van der Waals surface area (Å²) in [5.74, 6) is 0.00347. The van der Waals surface area contributed by atoms with E-state index >= 15 is 0 Å². The van der Waals surface area contributed by atoms with Crippen molar-refractivity contribution >= 4 is 19.7 Å². The topological polar surface area (TPSA) is 56.3 Å². The van der Waals surface area contributed by atoms with Crippen LogP contribution in [0, 0.1) is 5.82 Å². The molecule has 0 N–H and O–H groups in total. The summed E-state index contributed by atoms with van der Waals surface area (Å²) in [6.45, 7) is 0. The van der Waals surface area contributed by atoms with Gasteiger partial charge >= 0.3 is 0 Å². The van der Waals surface area contributed by atoms with E-state index in [1.165, 1.54) is 42.6 Å². The SMILES string of the molecule is O=S(=O)(Cl)c1ccnc(Oc2ccc(F)cc2)c1. The van der Waals surface area contributed by atoms with Crippen molar-refractivity contribution in [2.75, 3.05) is 0 Å². The Kier molecular flexibility index (Phi) is 3.49. The molecule has 0 spiro atoms. The molecule has 1 aromatic carbocycles. The highest BCUT2D eigenvalue weighted by Crippen LogP contribution is 2.23. The van der Waals surface area contributed by atoms with Crippen LogP contribution in [-0.2, 0) is 9.05 Å². The van der Waals surface area contributed by atoms with E-state index < -0.39 is 14.9 Å². The maximum atomic E-state index is 12.7. The lowest BCUT2D eigenvalue weighted by molar-refractivity contribution is 0.459. The number of halogens is 2. The molecule has 0 bridgehead atoms. The fourth-order valence-electron chi connectivity index (χ4n) is 1.22. The molecule has 4 nitrogen and oxygen atoms in total. The molecule has 94 valence electrons. The van der Waals surface area contributed by atoms with Gasteiger partial charge in [0.1, 0.15) is 11.6 Å². The molecule has 0 aliphatic rings. The predicted molar refractivity (Wildman–Crippen MR) is 63.7 cm³/mol. The van der Waals surface area contributed by atoms with Crippen molar-refractivity contribution in [1.82, 2.24) is 4.98 Å². The molecule has 0 unspecified atom stereocenters. The highest BCUT2D eigenvalue weighted by molar-refractivity contribution is 8.13. The van der Waals surface area contributed by atoms with Crippen LogP contribution in [0.3, 0.4) is 0 Å². The predicted octanol–water partition coefficient (Wildman–Crippen LogP) is 2.94. The number of hydrogen-bond acceptors (Lipinski definition) is 4. The summed E-state index contributed by atoms with van der Waals surface area (Å²) >= 11 is 0. The number of nitrogens with zero attached hydrogens (tertiary/aromatic N) is 1. The van der Waals surface area contributed by atoms with E-state index in [1.54, 1.807) is 0 Å². The van der Waals surface area contributed by atoms with Gasteiger partial charge < -0.3 is 4.74 Å². The summed E-state index contributed by atoms with van der Waals surface area (Å²) in [6, 6.07) is 7.68. The van der Waals surface area contributed by atoms with E-state index in [2.05, 4.69) is 4.98 Å². The Morgan fingerprint density at radius 1 is 1.17 bits per heavy atom. The third-order valence-corrected chi connectivity index (χ3v) is 3.38. The van der Waals surface area contributed by atoms with Gasteiger partial charge in [0.25, 0.3) is 9.05 Å². The number of rotatable bonds is 3. The maximum Gasteiger partial charge on any atom is 0.261 e. The van der Waals surface area contributed by atoms with Crippen LogP contribution in [0.4, 0.5) is 4.39 Å². The minimum atomic E-state index is -3.83. The van der Waals surface area contributed by atoms with Gasteiger partial charge in [-0.3, -0.25) is 0 Å². The van der Waals surface area contributed by atoms with E-state index in [4.69, 9.17) is 15.4 Å². The van der Waals surface area contributed by atoms with Gasteiger partial charge in [-0.1, -0.05) is 0 Å². The van der Waals surface area contributed by atoms with Crippen molar-refractivity contribution in [2.45, 2.75) is 4.90 Å². The normalized spacial score (nSPS) is 11.2. The molecule has 0 saturated carbocycles. The summed E-state index contributed by atoms with van der Waals surface area (Å²) in [6.07, 6.45) is 1.26. The zero-order valence-corrected chi connectivity index (χ0v) is 10.5. The molecule has 0 amide bonds. The van der Waals surface area contributed by atoms with E-state index in [-0.39, 0.29) is 10.8 Å². The van der Waals surface area contributed by atoms with Gasteiger partial charge in [-0.25, -0.2) is 17.8 Å². The summed E-state index contributed by atoms with van der Waals surface area (Å²) in [7, 11) is 1.36. The maximum absolute atomic E-state index is 12.7. The van der Waals surface area contributed by atoms with E-state index in [1.807, 2.05) is 0 Å². The molecule has 7 heteroatoms. The first kappa shape index (κ1) is 12.8. The average Bonchev–Trinajstić information content (AvgIpc) is 2.31. The Hall–Kier alpha value is -1.66. The summed E-state index contributed by atoms with van der Waals surface area (Å²) in [5, 5.41) is 0. The number of hydrogen-bond donors (Lipinski definition) is 0. The van der Waals surface area contributed by atoms with Gasteiger partial charge in [0, 0.05) is 22.9 Å². The standard InChI is InChI=1S/C11H7ClFNO3S/c12-18(15,16)10-5-6-14-11(7-10)17-9-3-1-8(13)2-4-9/h1-7H. The fourth-order valence-corrected chi connectivity index (χ4v) is 1.98. The molecule has 0 saturated heterocycles. The third kappa shape index (κ3) is 3.18. The van der Waals surface area contributed by atoms with Gasteiger partial charge in [0.15, 0.2) is 0 Å². The molecular formula is C11H7ClFNO3S. The Bertz CT molecular complexity index is 658. The smallest absolute Gasteiger partial charge is 0.261 e. The number of benzene rings is 1. The highest BCUT2D eigenvalue weighted by Gasteiger charge is 2.11. The Morgan fingerprint density at radius 2 is 1.83 bits per heavy atom. The molecule has 2 rings (SSSR count). The van der Waals surface area contributed by atoms with E-state index in [9.17, 15) is 12.8 Å². The molecule has 0 radical (unpaired) electrons. The summed E-state index contributed by atoms with van der Waals surface area (Å²) in [4.78, 5) is 3.72. The fraction of sp³-hybridized carbons (Fsp3) is 0. The van der Waals surface area contributed by atoms with E-state index in [0.717, 1.165) is 0 Å². The van der Waals surface area contributed by atoms with Crippen LogP contribution in [0.2, 0.25) is 0 Å². The summed E-state index contributed by atoms with van der Waals surface area (Å²) < 4.78 is 40.2. The summed E-state index contributed by atoms with van der Waals surface area (Å²) in [5.41, 5.74) is 0. The monoisotopic (exact) mass is 287 g/mol. The lowest BCUT2D eigenvalue weighted by Gasteiger charge is -2.05. The molecule has 0 fully saturated rings. The van der Waals surface area contributed by atoms with Crippen LogP contribution < -0.4 is 4.74 Å². The Balaban J connectivity index is 2.27. The van der Waals surface area contributed by atoms with E-state index in [0.29, 0.717) is 5.75 Å². The van der Waals surface area contributed by atoms with Crippen LogP contribution >= 0.6 is 10.7 Å². The third-order valence-electron chi connectivity index (χ3n) is 2.02. The van der Waals surface area contributed by atoms with Crippen LogP contribution in [-0.4, -0.2) is 13.4 Å². The second-order valence-electron chi connectivity index (χ2n) is 3.32. The second-order valence-corrected chi connectivity index (χ2v) is 5.89. The van der Waals surface area contributed by atoms with Crippen LogP contribution in [0.1, 0.15) is 0 Å². The van der Waals surface area contributed by atoms with Crippen molar-refractivity contribution in [1.29, 1.82) is 0 Å². The lowest BCUT2D eigenvalue weighted by atomic mass is 10.3. The van der Waals surface area contributed by atoms with Crippen molar-refractivity contribution < 1.29 is 17.5 Å². The first-order chi connectivity index (χ1) is 8.45. The Labute approximate surface area is 107 Å². The van der Waals surface area contributed by atoms with Crippen molar-refractivity contribution in [3.05, 3.63) is 48.4 Å². The molecule has 0 atom stereocenters. The first-order valence-electron chi connectivity index (χ1n) is 4.79. The molecule has 2 aromatic rings. The van der Waals surface area contributed by atoms with Crippen molar-refractivity contribution in [2.24, 2.45) is 0 Å². The molecule has 0 aliphatic carbocycles. The number of ether oxygens (including phenoxy) is 1. The zero-order valence-electron chi connectivity index (χ0n) is 8.88. The highest BCUT2D eigenvalue weighted by atomic mass is 35.7. The van der Waals surface area contributed by atoms with Gasteiger partial charge in [0.2, 0.25) is 5.88 Å². The van der Waals surface area contributed by atoms with Crippen molar-refractivity contribution in [3.8, 4) is 11.6 Å².